The van der Waals surface area contributed by atoms with Gasteiger partial charge in [0.05, 0.1) is 5.56 Å². The zero-order valence-corrected chi connectivity index (χ0v) is 16.9. The van der Waals surface area contributed by atoms with Crippen molar-refractivity contribution in [2.24, 2.45) is 0 Å². The third kappa shape index (κ3) is 4.75. The van der Waals surface area contributed by atoms with Crippen LogP contribution in [0.25, 0.3) is 22.2 Å². The second-order valence-electron chi connectivity index (χ2n) is 7.29. The maximum absolute atomic E-state index is 14.6. The molecule has 0 saturated carbocycles. The first-order valence-electron chi connectivity index (χ1n) is 10.0. The summed E-state index contributed by atoms with van der Waals surface area (Å²) >= 11 is 0. The molecule has 0 aliphatic carbocycles. The van der Waals surface area contributed by atoms with Crippen molar-refractivity contribution in [1.82, 2.24) is 9.97 Å². The molecule has 0 amide bonds. The van der Waals surface area contributed by atoms with Crippen molar-refractivity contribution in [2.75, 3.05) is 0 Å². The molecule has 0 fully saturated rings. The number of hydrogen-bond donors (Lipinski definition) is 0. The normalized spacial score (nSPS) is 10.7. The van der Waals surface area contributed by atoms with E-state index in [9.17, 15) is 13.2 Å². The molecule has 0 unspecified atom stereocenters. The fourth-order valence-corrected chi connectivity index (χ4v) is 3.26. The van der Waals surface area contributed by atoms with Crippen molar-refractivity contribution in [3.63, 3.8) is 0 Å². The number of nitrogens with zero attached hydrogens (tertiary/aromatic N) is 2. The number of hydrogen-bond acceptors (Lipinski definition) is 2. The Labute approximate surface area is 178 Å². The average Bonchev–Trinajstić information content (AvgIpc) is 2.77. The summed E-state index contributed by atoms with van der Waals surface area (Å²) in [5, 5.41) is 1.53. The molecule has 0 bridgehead atoms. The Morgan fingerprint density at radius 2 is 1.48 bits per heavy atom. The van der Waals surface area contributed by atoms with Gasteiger partial charge < -0.3 is 0 Å². The summed E-state index contributed by atoms with van der Waals surface area (Å²) in [4.78, 5) is 8.47. The minimum atomic E-state index is -0.774. The van der Waals surface area contributed by atoms with Gasteiger partial charge in [0.25, 0.3) is 0 Å². The zero-order valence-electron chi connectivity index (χ0n) is 16.9. The van der Waals surface area contributed by atoms with Gasteiger partial charge in [-0.1, -0.05) is 37.3 Å². The van der Waals surface area contributed by atoms with Crippen LogP contribution in [0, 0.1) is 29.3 Å². The molecule has 31 heavy (non-hydrogen) atoms. The van der Waals surface area contributed by atoms with Gasteiger partial charge in [-0.3, -0.25) is 0 Å². The van der Waals surface area contributed by atoms with Crippen molar-refractivity contribution in [3.05, 3.63) is 95.1 Å². The molecule has 2 nitrogen and oxygen atoms in total. The van der Waals surface area contributed by atoms with E-state index in [4.69, 9.17) is 0 Å². The molecule has 0 spiro atoms. The highest BCUT2D eigenvalue weighted by Gasteiger charge is 2.12. The largest absolute Gasteiger partial charge is 0.236 e. The number of fused-ring (bicyclic) bond motifs is 1. The van der Waals surface area contributed by atoms with Gasteiger partial charge in [0.1, 0.15) is 17.5 Å². The molecule has 0 atom stereocenters. The molecule has 4 aromatic rings. The second-order valence-corrected chi connectivity index (χ2v) is 7.29. The minimum Gasteiger partial charge on any atom is -0.236 e. The number of benzene rings is 3. The van der Waals surface area contributed by atoms with Crippen LogP contribution in [0.4, 0.5) is 13.2 Å². The maximum atomic E-state index is 14.6. The van der Waals surface area contributed by atoms with Crippen LogP contribution < -0.4 is 0 Å². The summed E-state index contributed by atoms with van der Waals surface area (Å²) in [6, 6.07) is 12.0. The predicted molar refractivity (Wildman–Crippen MR) is 116 cm³/mol. The Bertz CT molecular complexity index is 1280. The van der Waals surface area contributed by atoms with E-state index in [1.54, 1.807) is 36.7 Å². The summed E-state index contributed by atoms with van der Waals surface area (Å²) in [5.74, 6) is 3.74. The van der Waals surface area contributed by atoms with Gasteiger partial charge in [0.2, 0.25) is 0 Å². The highest BCUT2D eigenvalue weighted by Crippen LogP contribution is 2.22. The van der Waals surface area contributed by atoms with Crippen LogP contribution in [0.1, 0.15) is 36.5 Å². The van der Waals surface area contributed by atoms with Crippen LogP contribution in [-0.2, 0) is 6.42 Å². The molecule has 0 radical (unpaired) electrons. The number of rotatable bonds is 4. The van der Waals surface area contributed by atoms with E-state index in [0.29, 0.717) is 5.56 Å². The van der Waals surface area contributed by atoms with Gasteiger partial charge in [-0.2, -0.15) is 0 Å². The first-order valence-corrected chi connectivity index (χ1v) is 10.0. The van der Waals surface area contributed by atoms with Crippen LogP contribution in [0.5, 0.6) is 0 Å². The molecular formula is C26H19F3N2. The highest BCUT2D eigenvalue weighted by atomic mass is 19.1. The van der Waals surface area contributed by atoms with Crippen molar-refractivity contribution in [1.29, 1.82) is 0 Å². The van der Waals surface area contributed by atoms with E-state index in [1.807, 2.05) is 0 Å². The standard InChI is InChI=1S/C26H19F3N2/c1-2-3-4-18-15-30-26(31-16-18)21-13-24(28)23(25(29)14-21)10-6-17-5-7-20-12-22(27)9-8-19(20)11-17/h5,7-9,11-16H,2-4H2,1H3. The number of aryl methyl sites for hydroxylation is 1. The van der Waals surface area contributed by atoms with Crippen LogP contribution in [0.3, 0.4) is 0 Å². The highest BCUT2D eigenvalue weighted by molar-refractivity contribution is 5.84. The fraction of sp³-hybridized carbons (Fsp3) is 0.154. The Balaban J connectivity index is 1.60. The van der Waals surface area contributed by atoms with Crippen LogP contribution in [0.15, 0.2) is 60.9 Å². The molecule has 0 aliphatic rings. The van der Waals surface area contributed by atoms with Crippen molar-refractivity contribution < 1.29 is 13.2 Å². The molecule has 1 aromatic heterocycles. The molecular weight excluding hydrogens is 397 g/mol. The van der Waals surface area contributed by atoms with E-state index in [0.717, 1.165) is 35.6 Å². The molecule has 0 N–H and O–H groups in total. The molecule has 3 aromatic carbocycles. The summed E-state index contributed by atoms with van der Waals surface area (Å²) in [6.45, 7) is 2.10. The average molecular weight is 416 g/mol. The van der Waals surface area contributed by atoms with Crippen LogP contribution in [0.2, 0.25) is 0 Å². The fourth-order valence-electron chi connectivity index (χ4n) is 3.26. The Morgan fingerprint density at radius 3 is 2.19 bits per heavy atom. The van der Waals surface area contributed by atoms with Crippen LogP contribution >= 0.6 is 0 Å². The van der Waals surface area contributed by atoms with Crippen LogP contribution in [-0.4, -0.2) is 9.97 Å². The van der Waals surface area contributed by atoms with Crippen molar-refractivity contribution in [2.45, 2.75) is 26.2 Å². The molecule has 4 rings (SSSR count). The van der Waals surface area contributed by atoms with E-state index in [2.05, 4.69) is 28.7 Å². The van der Waals surface area contributed by atoms with Gasteiger partial charge in [0.15, 0.2) is 5.82 Å². The number of unbranched alkanes of at least 4 members (excludes halogenated alkanes) is 1. The van der Waals surface area contributed by atoms with Gasteiger partial charge in [-0.05, 0) is 65.6 Å². The molecule has 154 valence electrons. The van der Waals surface area contributed by atoms with Gasteiger partial charge in [-0.25, -0.2) is 23.1 Å². The van der Waals surface area contributed by atoms with Crippen molar-refractivity contribution in [3.8, 4) is 23.2 Å². The quantitative estimate of drug-likeness (QED) is 0.357. The van der Waals surface area contributed by atoms with Gasteiger partial charge in [0, 0.05) is 23.5 Å². The predicted octanol–water partition coefficient (Wildman–Crippen LogP) is 6.46. The van der Waals surface area contributed by atoms with Gasteiger partial charge >= 0.3 is 0 Å². The third-order valence-corrected chi connectivity index (χ3v) is 4.96. The molecule has 5 heteroatoms. The first-order chi connectivity index (χ1) is 15.0. The monoisotopic (exact) mass is 416 g/mol. The van der Waals surface area contributed by atoms with E-state index in [-0.39, 0.29) is 22.8 Å². The summed E-state index contributed by atoms with van der Waals surface area (Å²) in [5.41, 5.74) is 1.51. The lowest BCUT2D eigenvalue weighted by Crippen LogP contribution is -1.97. The minimum absolute atomic E-state index is 0.260. The first kappa shape index (κ1) is 20.6. The van der Waals surface area contributed by atoms with E-state index >= 15 is 0 Å². The molecule has 1 heterocycles. The lowest BCUT2D eigenvalue weighted by molar-refractivity contribution is 0.578. The third-order valence-electron chi connectivity index (χ3n) is 4.96. The van der Waals surface area contributed by atoms with Crippen molar-refractivity contribution >= 4 is 10.8 Å². The number of halogens is 3. The molecule has 0 aliphatic heterocycles. The Morgan fingerprint density at radius 1 is 0.806 bits per heavy atom. The zero-order chi connectivity index (χ0) is 21.8. The smallest absolute Gasteiger partial charge is 0.159 e. The summed E-state index contributed by atoms with van der Waals surface area (Å²) < 4.78 is 42.5. The van der Waals surface area contributed by atoms with E-state index in [1.165, 1.54) is 24.3 Å². The lowest BCUT2D eigenvalue weighted by Gasteiger charge is -2.05. The maximum Gasteiger partial charge on any atom is 0.159 e. The summed E-state index contributed by atoms with van der Waals surface area (Å²) in [6.07, 6.45) is 6.35. The Hall–Kier alpha value is -3.65. The molecule has 0 saturated heterocycles. The second kappa shape index (κ2) is 9.01. The Kier molecular flexibility index (Phi) is 5.99. The topological polar surface area (TPSA) is 25.8 Å². The summed E-state index contributed by atoms with van der Waals surface area (Å²) in [7, 11) is 0. The van der Waals surface area contributed by atoms with Gasteiger partial charge in [-0.15, -0.1) is 0 Å². The number of aromatic nitrogens is 2. The lowest BCUT2D eigenvalue weighted by atomic mass is 10.1. The SMILES string of the molecule is CCCCc1cnc(-c2cc(F)c(C#Cc3ccc4cc(F)ccc4c3)c(F)c2)nc1. The van der Waals surface area contributed by atoms with E-state index < -0.39 is 11.6 Å².